The Morgan fingerprint density at radius 1 is 1.25 bits per heavy atom. The average molecular weight is 272 g/mol. The van der Waals surface area contributed by atoms with Crippen LogP contribution >= 0.6 is 0 Å². The smallest absolute Gasteiger partial charge is 0.270 e. The van der Waals surface area contributed by atoms with Gasteiger partial charge in [-0.15, -0.1) is 0 Å². The molecule has 0 radical (unpaired) electrons. The predicted octanol–water partition coefficient (Wildman–Crippen LogP) is 3.94. The van der Waals surface area contributed by atoms with Crippen molar-refractivity contribution < 1.29 is 9.72 Å². The SMILES string of the molecule is O=Cc1c(C2CCCCC2)[nH]c2ccc([N+](=O)[O-])cc12. The summed E-state index contributed by atoms with van der Waals surface area (Å²) >= 11 is 0. The minimum atomic E-state index is -0.429. The highest BCUT2D eigenvalue weighted by atomic mass is 16.6. The van der Waals surface area contributed by atoms with Crippen LogP contribution in [0.1, 0.15) is 54.1 Å². The molecule has 0 saturated heterocycles. The van der Waals surface area contributed by atoms with Gasteiger partial charge in [-0.2, -0.15) is 0 Å². The van der Waals surface area contributed by atoms with Crippen molar-refractivity contribution in [2.45, 2.75) is 38.0 Å². The lowest BCUT2D eigenvalue weighted by Crippen LogP contribution is -2.06. The van der Waals surface area contributed by atoms with E-state index in [0.717, 1.165) is 30.3 Å². The summed E-state index contributed by atoms with van der Waals surface area (Å²) in [5.41, 5.74) is 2.37. The molecule has 1 heterocycles. The first-order valence-corrected chi connectivity index (χ1v) is 6.96. The van der Waals surface area contributed by atoms with Crippen LogP contribution in [0.25, 0.3) is 10.9 Å². The number of non-ortho nitro benzene ring substituents is 1. The van der Waals surface area contributed by atoms with Crippen LogP contribution in [0.15, 0.2) is 18.2 Å². The molecule has 0 amide bonds. The summed E-state index contributed by atoms with van der Waals surface area (Å²) in [6.07, 6.45) is 6.59. The maximum atomic E-state index is 11.4. The Bertz CT molecular complexity index is 669. The van der Waals surface area contributed by atoms with Gasteiger partial charge in [-0.1, -0.05) is 19.3 Å². The maximum Gasteiger partial charge on any atom is 0.270 e. The molecule has 1 aliphatic carbocycles. The molecule has 5 nitrogen and oxygen atoms in total. The molecule has 1 N–H and O–H groups in total. The number of nitro benzene ring substituents is 1. The number of aromatic nitrogens is 1. The number of aldehydes is 1. The third-order valence-electron chi connectivity index (χ3n) is 4.19. The first-order valence-electron chi connectivity index (χ1n) is 6.96. The number of nitrogens with one attached hydrogen (secondary N) is 1. The number of hydrogen-bond donors (Lipinski definition) is 1. The Morgan fingerprint density at radius 2 is 2.00 bits per heavy atom. The molecule has 0 spiro atoms. The third kappa shape index (κ3) is 2.09. The highest BCUT2D eigenvalue weighted by molar-refractivity contribution is 6.00. The molecule has 1 saturated carbocycles. The molecular weight excluding hydrogens is 256 g/mol. The Balaban J connectivity index is 2.12. The van der Waals surface area contributed by atoms with Gasteiger partial charge < -0.3 is 4.98 Å². The van der Waals surface area contributed by atoms with Crippen molar-refractivity contribution in [1.29, 1.82) is 0 Å². The average Bonchev–Trinajstić information content (AvgIpc) is 2.85. The molecule has 0 atom stereocenters. The van der Waals surface area contributed by atoms with E-state index in [-0.39, 0.29) is 5.69 Å². The van der Waals surface area contributed by atoms with Crippen LogP contribution in [-0.4, -0.2) is 16.2 Å². The summed E-state index contributed by atoms with van der Waals surface area (Å²) in [6, 6.07) is 4.65. The van der Waals surface area contributed by atoms with Crippen molar-refractivity contribution in [3.63, 3.8) is 0 Å². The van der Waals surface area contributed by atoms with Crippen molar-refractivity contribution in [2.24, 2.45) is 0 Å². The van der Waals surface area contributed by atoms with Gasteiger partial charge in [0.15, 0.2) is 6.29 Å². The van der Waals surface area contributed by atoms with Gasteiger partial charge in [-0.05, 0) is 24.8 Å². The standard InChI is InChI=1S/C15H16N2O3/c18-9-13-12-8-11(17(19)20)6-7-14(12)16-15(13)10-4-2-1-3-5-10/h6-10,16H,1-5H2. The first-order chi connectivity index (χ1) is 9.70. The second-order valence-electron chi connectivity index (χ2n) is 5.39. The summed E-state index contributed by atoms with van der Waals surface area (Å²) in [5.74, 6) is 0.371. The van der Waals surface area contributed by atoms with Crippen LogP contribution in [0.2, 0.25) is 0 Å². The molecular formula is C15H16N2O3. The van der Waals surface area contributed by atoms with E-state index >= 15 is 0 Å². The zero-order valence-electron chi connectivity index (χ0n) is 11.1. The molecule has 3 rings (SSSR count). The highest BCUT2D eigenvalue weighted by Gasteiger charge is 2.22. The van der Waals surface area contributed by atoms with Crippen molar-refractivity contribution >= 4 is 22.9 Å². The minimum Gasteiger partial charge on any atom is -0.358 e. The summed E-state index contributed by atoms with van der Waals surface area (Å²) < 4.78 is 0. The zero-order chi connectivity index (χ0) is 14.1. The maximum absolute atomic E-state index is 11.4. The number of nitrogens with zero attached hydrogens (tertiary/aromatic N) is 1. The summed E-state index contributed by atoms with van der Waals surface area (Å²) in [4.78, 5) is 25.2. The number of nitro groups is 1. The van der Waals surface area contributed by atoms with Crippen molar-refractivity contribution in [3.05, 3.63) is 39.6 Å². The van der Waals surface area contributed by atoms with Gasteiger partial charge in [0.2, 0.25) is 0 Å². The Labute approximate surface area is 116 Å². The number of aromatic amines is 1. The summed E-state index contributed by atoms with van der Waals surface area (Å²) in [6.45, 7) is 0. The molecule has 2 aromatic rings. The van der Waals surface area contributed by atoms with E-state index < -0.39 is 4.92 Å². The first kappa shape index (κ1) is 12.8. The number of benzene rings is 1. The van der Waals surface area contributed by atoms with Crippen molar-refractivity contribution in [2.75, 3.05) is 0 Å². The topological polar surface area (TPSA) is 76.0 Å². The quantitative estimate of drug-likeness (QED) is 0.522. The molecule has 0 bridgehead atoms. The third-order valence-corrected chi connectivity index (χ3v) is 4.19. The van der Waals surface area contributed by atoms with Gasteiger partial charge in [0.25, 0.3) is 5.69 Å². The molecule has 20 heavy (non-hydrogen) atoms. The molecule has 1 aromatic carbocycles. The van der Waals surface area contributed by atoms with E-state index in [1.807, 2.05) is 0 Å². The molecule has 104 valence electrons. The van der Waals surface area contributed by atoms with Gasteiger partial charge in [0.1, 0.15) is 0 Å². The van der Waals surface area contributed by atoms with Crippen LogP contribution in [0.4, 0.5) is 5.69 Å². The lowest BCUT2D eigenvalue weighted by Gasteiger charge is -2.21. The normalized spacial score (nSPS) is 16.4. The van der Waals surface area contributed by atoms with E-state index in [1.165, 1.54) is 31.4 Å². The van der Waals surface area contributed by atoms with Crippen LogP contribution in [0, 0.1) is 10.1 Å². The molecule has 1 aromatic heterocycles. The Kier molecular flexibility index (Phi) is 3.26. The van der Waals surface area contributed by atoms with E-state index in [0.29, 0.717) is 16.9 Å². The van der Waals surface area contributed by atoms with E-state index in [4.69, 9.17) is 0 Å². The Hall–Kier alpha value is -2.17. The van der Waals surface area contributed by atoms with Gasteiger partial charge in [-0.3, -0.25) is 14.9 Å². The number of rotatable bonds is 3. The molecule has 5 heteroatoms. The molecule has 0 aliphatic heterocycles. The van der Waals surface area contributed by atoms with Crippen molar-refractivity contribution in [3.8, 4) is 0 Å². The van der Waals surface area contributed by atoms with Crippen molar-refractivity contribution in [1.82, 2.24) is 4.98 Å². The molecule has 1 fully saturated rings. The lowest BCUT2D eigenvalue weighted by atomic mass is 9.85. The van der Waals surface area contributed by atoms with Gasteiger partial charge in [0, 0.05) is 34.3 Å². The fourth-order valence-corrected chi connectivity index (χ4v) is 3.18. The lowest BCUT2D eigenvalue weighted by molar-refractivity contribution is -0.384. The fraction of sp³-hybridized carbons (Fsp3) is 0.400. The fourth-order valence-electron chi connectivity index (χ4n) is 3.18. The second-order valence-corrected chi connectivity index (χ2v) is 5.39. The summed E-state index contributed by atoms with van der Waals surface area (Å²) in [5, 5.41) is 11.5. The predicted molar refractivity (Wildman–Crippen MR) is 76.2 cm³/mol. The van der Waals surface area contributed by atoms with Crippen LogP contribution in [-0.2, 0) is 0 Å². The molecule has 1 aliphatic rings. The van der Waals surface area contributed by atoms with Gasteiger partial charge >= 0.3 is 0 Å². The second kappa shape index (κ2) is 5.07. The number of H-pyrrole nitrogens is 1. The number of hydrogen-bond acceptors (Lipinski definition) is 3. The highest BCUT2D eigenvalue weighted by Crippen LogP contribution is 2.36. The van der Waals surface area contributed by atoms with E-state index in [1.54, 1.807) is 6.07 Å². The summed E-state index contributed by atoms with van der Waals surface area (Å²) in [7, 11) is 0. The van der Waals surface area contributed by atoms with Gasteiger partial charge in [0.05, 0.1) is 4.92 Å². The van der Waals surface area contributed by atoms with Gasteiger partial charge in [-0.25, -0.2) is 0 Å². The monoisotopic (exact) mass is 272 g/mol. The number of carbonyl (C=O) groups is 1. The zero-order valence-corrected chi connectivity index (χ0v) is 11.1. The number of carbonyl (C=O) groups excluding carboxylic acids is 1. The van der Waals surface area contributed by atoms with E-state index in [9.17, 15) is 14.9 Å². The molecule has 0 unspecified atom stereocenters. The Morgan fingerprint density at radius 3 is 2.65 bits per heavy atom. The van der Waals surface area contributed by atoms with Crippen LogP contribution < -0.4 is 0 Å². The van der Waals surface area contributed by atoms with Crippen LogP contribution in [0.5, 0.6) is 0 Å². The number of fused-ring (bicyclic) bond motifs is 1. The minimum absolute atomic E-state index is 0.0230. The van der Waals surface area contributed by atoms with Crippen LogP contribution in [0.3, 0.4) is 0 Å². The largest absolute Gasteiger partial charge is 0.358 e. The van der Waals surface area contributed by atoms with E-state index in [2.05, 4.69) is 4.98 Å².